The highest BCUT2D eigenvalue weighted by atomic mass is 32.1. The Morgan fingerprint density at radius 2 is 2.22 bits per heavy atom. The molecule has 0 radical (unpaired) electrons. The molecule has 1 aromatic heterocycles. The van der Waals surface area contributed by atoms with Crippen molar-refractivity contribution in [3.8, 4) is 5.75 Å². The van der Waals surface area contributed by atoms with Gasteiger partial charge in [-0.15, -0.1) is 17.9 Å². The van der Waals surface area contributed by atoms with E-state index in [4.69, 9.17) is 4.74 Å². The molecule has 0 aliphatic carbocycles. The molecule has 1 aliphatic rings. The standard InChI is InChI=1S/C26H36N2O3S/c1-5-7-21(29)16-27(12-6-2)17-26(30)28-13-10-25-22(11-14-32-25)23(28)18-31-24-9-8-19(3)15-20(24)4/h6,8-9,11,14-15,21,23,29H,2,5,7,10,12-13,16-18H2,1,3-4H3/t21-,23-/m0/s1. The highest BCUT2D eigenvalue weighted by Gasteiger charge is 2.33. The third kappa shape index (κ3) is 6.21. The Morgan fingerprint density at radius 1 is 1.41 bits per heavy atom. The molecule has 1 amide bonds. The van der Waals surface area contributed by atoms with Gasteiger partial charge in [0.15, 0.2) is 0 Å². The van der Waals surface area contributed by atoms with Gasteiger partial charge in [0.05, 0.1) is 18.7 Å². The lowest BCUT2D eigenvalue weighted by atomic mass is 10.00. The summed E-state index contributed by atoms with van der Waals surface area (Å²) in [5.74, 6) is 0.933. The van der Waals surface area contributed by atoms with Crippen LogP contribution in [0.15, 0.2) is 42.3 Å². The first-order valence-corrected chi connectivity index (χ1v) is 12.4. The van der Waals surface area contributed by atoms with Crippen LogP contribution < -0.4 is 4.74 Å². The topological polar surface area (TPSA) is 53.0 Å². The van der Waals surface area contributed by atoms with E-state index >= 15 is 0 Å². The van der Waals surface area contributed by atoms with Gasteiger partial charge in [0.2, 0.25) is 5.91 Å². The Labute approximate surface area is 196 Å². The summed E-state index contributed by atoms with van der Waals surface area (Å²) in [4.78, 5) is 18.7. The fraction of sp³-hybridized carbons (Fsp3) is 0.500. The molecule has 2 heterocycles. The number of carbonyl (C=O) groups is 1. The molecule has 1 N–H and O–H groups in total. The van der Waals surface area contributed by atoms with Gasteiger partial charge in [-0.1, -0.05) is 37.1 Å². The lowest BCUT2D eigenvalue weighted by molar-refractivity contribution is -0.136. The normalized spacial score (nSPS) is 16.7. The molecule has 32 heavy (non-hydrogen) atoms. The van der Waals surface area contributed by atoms with E-state index in [-0.39, 0.29) is 18.5 Å². The van der Waals surface area contributed by atoms with E-state index in [0.29, 0.717) is 26.2 Å². The number of ether oxygens (including phenoxy) is 1. The van der Waals surface area contributed by atoms with Gasteiger partial charge in [-0.3, -0.25) is 9.69 Å². The molecule has 2 aromatic rings. The van der Waals surface area contributed by atoms with E-state index in [1.54, 1.807) is 17.4 Å². The Balaban J connectivity index is 1.74. The fourth-order valence-electron chi connectivity index (χ4n) is 4.40. The number of nitrogens with zero attached hydrogens (tertiary/aromatic N) is 2. The number of hydrogen-bond acceptors (Lipinski definition) is 5. The molecule has 0 saturated heterocycles. The molecule has 6 heteroatoms. The van der Waals surface area contributed by atoms with Gasteiger partial charge in [-0.05, 0) is 55.3 Å². The molecule has 0 unspecified atom stereocenters. The molecule has 0 fully saturated rings. The lowest BCUT2D eigenvalue weighted by Gasteiger charge is -2.37. The number of rotatable bonds is 11. The molecule has 174 valence electrons. The molecule has 0 saturated carbocycles. The second kappa shape index (κ2) is 11.6. The van der Waals surface area contributed by atoms with E-state index in [9.17, 15) is 9.90 Å². The van der Waals surface area contributed by atoms with E-state index in [1.165, 1.54) is 16.0 Å². The zero-order chi connectivity index (χ0) is 23.1. The van der Waals surface area contributed by atoms with Crippen molar-refractivity contribution in [1.82, 2.24) is 9.80 Å². The number of aliphatic hydroxyl groups is 1. The largest absolute Gasteiger partial charge is 0.491 e. The van der Waals surface area contributed by atoms with Gasteiger partial charge < -0.3 is 14.7 Å². The van der Waals surface area contributed by atoms with E-state index in [2.05, 4.69) is 50.9 Å². The average Bonchev–Trinajstić information content (AvgIpc) is 3.22. The molecule has 0 spiro atoms. The van der Waals surface area contributed by atoms with Gasteiger partial charge >= 0.3 is 0 Å². The summed E-state index contributed by atoms with van der Waals surface area (Å²) in [6, 6.07) is 8.20. The van der Waals surface area contributed by atoms with Crippen LogP contribution >= 0.6 is 11.3 Å². The number of aryl methyl sites for hydroxylation is 2. The van der Waals surface area contributed by atoms with Crippen molar-refractivity contribution in [2.75, 3.05) is 32.8 Å². The van der Waals surface area contributed by atoms with E-state index < -0.39 is 6.10 Å². The van der Waals surface area contributed by atoms with Crippen LogP contribution in [-0.4, -0.2) is 59.7 Å². The Bertz CT molecular complexity index is 910. The molecular weight excluding hydrogens is 420 g/mol. The van der Waals surface area contributed by atoms with Crippen LogP contribution in [0.25, 0.3) is 0 Å². The lowest BCUT2D eigenvalue weighted by Crippen LogP contribution is -2.47. The smallest absolute Gasteiger partial charge is 0.237 e. The Hall–Kier alpha value is -2.15. The highest BCUT2D eigenvalue weighted by molar-refractivity contribution is 7.10. The molecule has 0 bridgehead atoms. The van der Waals surface area contributed by atoms with Crippen molar-refractivity contribution in [2.45, 2.75) is 52.2 Å². The molecule has 3 rings (SSSR count). The summed E-state index contributed by atoms with van der Waals surface area (Å²) in [5.41, 5.74) is 3.50. The van der Waals surface area contributed by atoms with Crippen molar-refractivity contribution in [3.05, 3.63) is 63.9 Å². The van der Waals surface area contributed by atoms with Crippen LogP contribution in [0, 0.1) is 13.8 Å². The quantitative estimate of drug-likeness (QED) is 0.505. The van der Waals surface area contributed by atoms with Crippen LogP contribution in [-0.2, 0) is 11.2 Å². The predicted octanol–water partition coefficient (Wildman–Crippen LogP) is 4.52. The number of fused-ring (bicyclic) bond motifs is 1. The number of aliphatic hydroxyl groups excluding tert-OH is 1. The Morgan fingerprint density at radius 3 is 2.94 bits per heavy atom. The second-order valence-electron chi connectivity index (χ2n) is 8.66. The predicted molar refractivity (Wildman–Crippen MR) is 131 cm³/mol. The van der Waals surface area contributed by atoms with Gasteiger partial charge in [-0.25, -0.2) is 0 Å². The molecule has 2 atom stereocenters. The third-order valence-electron chi connectivity index (χ3n) is 5.98. The first kappa shape index (κ1) is 24.5. The summed E-state index contributed by atoms with van der Waals surface area (Å²) in [7, 11) is 0. The minimum absolute atomic E-state index is 0.0710. The van der Waals surface area contributed by atoms with Crippen LogP contribution in [0.4, 0.5) is 0 Å². The van der Waals surface area contributed by atoms with Gasteiger partial charge in [0.25, 0.3) is 0 Å². The molecule has 5 nitrogen and oxygen atoms in total. The molecule has 1 aromatic carbocycles. The summed E-state index contributed by atoms with van der Waals surface area (Å²) in [5, 5.41) is 12.4. The van der Waals surface area contributed by atoms with Crippen LogP contribution in [0.3, 0.4) is 0 Å². The molecule has 1 aliphatic heterocycles. The number of amides is 1. The van der Waals surface area contributed by atoms with Crippen molar-refractivity contribution in [2.24, 2.45) is 0 Å². The highest BCUT2D eigenvalue weighted by Crippen LogP contribution is 2.34. The van der Waals surface area contributed by atoms with Crippen molar-refractivity contribution >= 4 is 17.2 Å². The monoisotopic (exact) mass is 456 g/mol. The maximum atomic E-state index is 13.4. The molecular formula is C26H36N2O3S. The fourth-order valence-corrected chi connectivity index (χ4v) is 5.32. The van der Waals surface area contributed by atoms with Gasteiger partial charge in [-0.2, -0.15) is 0 Å². The van der Waals surface area contributed by atoms with Crippen molar-refractivity contribution in [3.63, 3.8) is 0 Å². The maximum Gasteiger partial charge on any atom is 0.237 e. The van der Waals surface area contributed by atoms with Gasteiger partial charge in [0, 0.05) is 24.5 Å². The minimum atomic E-state index is -0.429. The van der Waals surface area contributed by atoms with E-state index in [1.807, 2.05) is 15.9 Å². The van der Waals surface area contributed by atoms with Crippen molar-refractivity contribution < 1.29 is 14.6 Å². The average molecular weight is 457 g/mol. The SMILES string of the molecule is C=CCN(CC(=O)N1CCc2sccc2[C@@H]1COc1ccc(C)cc1C)C[C@@H](O)CCC. The Kier molecular flexibility index (Phi) is 8.91. The maximum absolute atomic E-state index is 13.4. The third-order valence-corrected chi connectivity index (χ3v) is 6.98. The second-order valence-corrected chi connectivity index (χ2v) is 9.66. The zero-order valence-electron chi connectivity index (χ0n) is 19.5. The minimum Gasteiger partial charge on any atom is -0.491 e. The summed E-state index contributed by atoms with van der Waals surface area (Å²) in [6.07, 6.45) is 3.89. The summed E-state index contributed by atoms with van der Waals surface area (Å²) in [6.45, 7) is 12.4. The van der Waals surface area contributed by atoms with Crippen LogP contribution in [0.1, 0.15) is 47.4 Å². The van der Waals surface area contributed by atoms with E-state index in [0.717, 1.165) is 30.6 Å². The summed E-state index contributed by atoms with van der Waals surface area (Å²) < 4.78 is 6.23. The number of carbonyl (C=O) groups excluding carboxylic acids is 1. The number of hydrogen-bond donors (Lipinski definition) is 1. The van der Waals surface area contributed by atoms with Crippen LogP contribution in [0.2, 0.25) is 0 Å². The van der Waals surface area contributed by atoms with Gasteiger partial charge in [0.1, 0.15) is 12.4 Å². The first-order chi connectivity index (χ1) is 15.4. The van der Waals surface area contributed by atoms with Crippen molar-refractivity contribution in [1.29, 1.82) is 0 Å². The van der Waals surface area contributed by atoms with Crippen LogP contribution in [0.5, 0.6) is 5.75 Å². The zero-order valence-corrected chi connectivity index (χ0v) is 20.4. The summed E-state index contributed by atoms with van der Waals surface area (Å²) >= 11 is 1.76. The number of benzene rings is 1. The number of thiophene rings is 1. The first-order valence-electron chi connectivity index (χ1n) is 11.5.